The van der Waals surface area contributed by atoms with Crippen LogP contribution in [0.2, 0.25) is 0 Å². The topological polar surface area (TPSA) is 55.4 Å². The van der Waals surface area contributed by atoms with Crippen molar-refractivity contribution in [3.63, 3.8) is 0 Å². The third kappa shape index (κ3) is 3.45. The molecule has 0 radical (unpaired) electrons. The van der Waals surface area contributed by atoms with Crippen LogP contribution < -0.4 is 5.32 Å². The molecule has 0 unspecified atom stereocenters. The molecule has 17 heavy (non-hydrogen) atoms. The van der Waals surface area contributed by atoms with Crippen LogP contribution in [0.25, 0.3) is 0 Å². The quantitative estimate of drug-likeness (QED) is 0.825. The molecule has 1 fully saturated rings. The van der Waals surface area contributed by atoms with E-state index in [1.54, 1.807) is 6.92 Å². The van der Waals surface area contributed by atoms with E-state index in [0.717, 1.165) is 0 Å². The molecule has 0 aromatic rings. The summed E-state index contributed by atoms with van der Waals surface area (Å²) in [6, 6.07) is 0. The smallest absolute Gasteiger partial charge is 0.407 e. The minimum absolute atomic E-state index is 0.000839. The highest BCUT2D eigenvalue weighted by atomic mass is 16.6. The Morgan fingerprint density at radius 2 is 1.82 bits per heavy atom. The molecule has 0 heterocycles. The summed E-state index contributed by atoms with van der Waals surface area (Å²) in [4.78, 5) is 22.8. The summed E-state index contributed by atoms with van der Waals surface area (Å²) in [5.41, 5.74) is -0.482. The van der Waals surface area contributed by atoms with Crippen LogP contribution in [0.4, 0.5) is 4.79 Å². The molecular weight excluding hydrogens is 218 g/mol. The second-order valence-electron chi connectivity index (χ2n) is 6.40. The number of nitrogens with one attached hydrogen (secondary N) is 1. The lowest BCUT2D eigenvalue weighted by Gasteiger charge is -2.19. The SMILES string of the molecule is CC(=O)[C@@H]1[C@@H](CNC(=O)OC(C)(C)C)C1(C)C. The van der Waals surface area contributed by atoms with E-state index < -0.39 is 11.7 Å². The maximum absolute atomic E-state index is 11.5. The number of ether oxygens (including phenoxy) is 1. The van der Waals surface area contributed by atoms with Crippen molar-refractivity contribution in [3.8, 4) is 0 Å². The first kappa shape index (κ1) is 14.0. The molecule has 0 spiro atoms. The van der Waals surface area contributed by atoms with Gasteiger partial charge in [-0.15, -0.1) is 0 Å². The van der Waals surface area contributed by atoms with Gasteiger partial charge in [-0.1, -0.05) is 13.8 Å². The van der Waals surface area contributed by atoms with Crippen molar-refractivity contribution >= 4 is 11.9 Å². The average molecular weight is 241 g/mol. The fraction of sp³-hybridized carbons (Fsp3) is 0.846. The molecule has 0 saturated heterocycles. The Morgan fingerprint density at radius 1 is 1.29 bits per heavy atom. The Balaban J connectivity index is 2.39. The highest BCUT2D eigenvalue weighted by Crippen LogP contribution is 2.58. The van der Waals surface area contributed by atoms with Crippen LogP contribution >= 0.6 is 0 Å². The van der Waals surface area contributed by atoms with Gasteiger partial charge in [-0.2, -0.15) is 0 Å². The van der Waals surface area contributed by atoms with E-state index in [2.05, 4.69) is 19.2 Å². The minimum Gasteiger partial charge on any atom is -0.444 e. The van der Waals surface area contributed by atoms with Crippen molar-refractivity contribution in [3.05, 3.63) is 0 Å². The standard InChI is InChI=1S/C13H23NO3/c1-8(15)10-9(13(10,5)6)7-14-11(16)17-12(2,3)4/h9-10H,7H2,1-6H3,(H,14,16)/t9-,10-/m1/s1. The summed E-state index contributed by atoms with van der Waals surface area (Å²) in [6.07, 6.45) is -0.414. The lowest BCUT2D eigenvalue weighted by molar-refractivity contribution is -0.119. The predicted molar refractivity (Wildman–Crippen MR) is 65.7 cm³/mol. The van der Waals surface area contributed by atoms with Crippen LogP contribution in [-0.4, -0.2) is 24.0 Å². The molecule has 0 aromatic heterocycles. The number of Topliss-reactive ketones (excluding diaryl/α,β-unsaturated/α-hetero) is 1. The molecular formula is C13H23NO3. The van der Waals surface area contributed by atoms with Crippen LogP contribution in [0.1, 0.15) is 41.5 Å². The average Bonchev–Trinajstić information content (AvgIpc) is 2.61. The van der Waals surface area contributed by atoms with Gasteiger partial charge in [0.15, 0.2) is 0 Å². The number of hydrogen-bond acceptors (Lipinski definition) is 3. The summed E-state index contributed by atoms with van der Waals surface area (Å²) in [7, 11) is 0. The Labute approximate surface area is 103 Å². The summed E-state index contributed by atoms with van der Waals surface area (Å²) in [6.45, 7) is 11.7. The maximum Gasteiger partial charge on any atom is 0.407 e. The molecule has 1 rings (SSSR count). The normalized spacial score (nSPS) is 26.2. The fourth-order valence-corrected chi connectivity index (χ4v) is 2.44. The van der Waals surface area contributed by atoms with E-state index in [-0.39, 0.29) is 23.0 Å². The van der Waals surface area contributed by atoms with Gasteiger partial charge in [-0.05, 0) is 39.0 Å². The van der Waals surface area contributed by atoms with E-state index >= 15 is 0 Å². The molecule has 98 valence electrons. The van der Waals surface area contributed by atoms with Gasteiger partial charge in [0.1, 0.15) is 11.4 Å². The zero-order chi connectivity index (χ0) is 13.4. The van der Waals surface area contributed by atoms with Crippen molar-refractivity contribution in [1.29, 1.82) is 0 Å². The molecule has 1 N–H and O–H groups in total. The van der Waals surface area contributed by atoms with Gasteiger partial charge in [0.05, 0.1) is 0 Å². The first-order valence-electron chi connectivity index (χ1n) is 6.03. The van der Waals surface area contributed by atoms with E-state index in [0.29, 0.717) is 6.54 Å². The van der Waals surface area contributed by atoms with Crippen LogP contribution in [0, 0.1) is 17.3 Å². The third-order valence-corrected chi connectivity index (χ3v) is 3.35. The van der Waals surface area contributed by atoms with Crippen LogP contribution in [0.3, 0.4) is 0 Å². The lowest BCUT2D eigenvalue weighted by Crippen LogP contribution is -2.34. The van der Waals surface area contributed by atoms with Crippen molar-refractivity contribution in [2.75, 3.05) is 6.54 Å². The Bertz CT molecular complexity index is 328. The Morgan fingerprint density at radius 3 is 2.18 bits per heavy atom. The van der Waals surface area contributed by atoms with E-state index in [1.807, 2.05) is 20.8 Å². The summed E-state index contributed by atoms with van der Waals surface area (Å²) in [5, 5.41) is 2.73. The molecule has 0 bridgehead atoms. The van der Waals surface area contributed by atoms with Crippen molar-refractivity contribution in [2.24, 2.45) is 17.3 Å². The number of hydrogen-bond donors (Lipinski definition) is 1. The van der Waals surface area contributed by atoms with Gasteiger partial charge in [-0.3, -0.25) is 4.79 Å². The Kier molecular flexibility index (Phi) is 3.55. The zero-order valence-electron chi connectivity index (χ0n) is 11.6. The van der Waals surface area contributed by atoms with Crippen LogP contribution in [0.15, 0.2) is 0 Å². The molecule has 0 aromatic carbocycles. The number of amides is 1. The van der Waals surface area contributed by atoms with E-state index in [1.165, 1.54) is 0 Å². The molecule has 0 aliphatic heterocycles. The molecule has 1 saturated carbocycles. The highest BCUT2D eigenvalue weighted by Gasteiger charge is 2.59. The summed E-state index contributed by atoms with van der Waals surface area (Å²) in [5.74, 6) is 0.496. The fourth-order valence-electron chi connectivity index (χ4n) is 2.44. The lowest BCUT2D eigenvalue weighted by atomic mass is 10.1. The largest absolute Gasteiger partial charge is 0.444 e. The first-order chi connectivity index (χ1) is 7.55. The van der Waals surface area contributed by atoms with Gasteiger partial charge in [0.25, 0.3) is 0 Å². The van der Waals surface area contributed by atoms with Gasteiger partial charge < -0.3 is 10.1 Å². The monoisotopic (exact) mass is 241 g/mol. The second kappa shape index (κ2) is 4.31. The predicted octanol–water partition coefficient (Wildman–Crippen LogP) is 2.37. The second-order valence-corrected chi connectivity index (χ2v) is 6.40. The number of carbonyl (C=O) groups excluding carboxylic acids is 2. The number of rotatable bonds is 3. The number of ketones is 1. The minimum atomic E-state index is -0.483. The first-order valence-corrected chi connectivity index (χ1v) is 6.03. The van der Waals surface area contributed by atoms with Crippen LogP contribution in [-0.2, 0) is 9.53 Å². The van der Waals surface area contributed by atoms with Gasteiger partial charge in [0.2, 0.25) is 0 Å². The maximum atomic E-state index is 11.5. The van der Waals surface area contributed by atoms with Gasteiger partial charge in [-0.25, -0.2) is 4.79 Å². The Hall–Kier alpha value is -1.06. The summed E-state index contributed by atoms with van der Waals surface area (Å²) >= 11 is 0. The molecule has 1 amide bonds. The van der Waals surface area contributed by atoms with Crippen molar-refractivity contribution < 1.29 is 14.3 Å². The van der Waals surface area contributed by atoms with E-state index in [4.69, 9.17) is 4.74 Å². The number of carbonyl (C=O) groups is 2. The van der Waals surface area contributed by atoms with Crippen LogP contribution in [0.5, 0.6) is 0 Å². The summed E-state index contributed by atoms with van der Waals surface area (Å²) < 4.78 is 5.14. The molecule has 2 atom stereocenters. The zero-order valence-corrected chi connectivity index (χ0v) is 11.6. The third-order valence-electron chi connectivity index (χ3n) is 3.35. The van der Waals surface area contributed by atoms with Crippen molar-refractivity contribution in [2.45, 2.75) is 47.1 Å². The number of alkyl carbamates (subject to hydrolysis) is 1. The molecule has 4 nitrogen and oxygen atoms in total. The molecule has 1 aliphatic rings. The highest BCUT2D eigenvalue weighted by molar-refractivity contribution is 5.83. The van der Waals surface area contributed by atoms with Gasteiger partial charge >= 0.3 is 6.09 Å². The van der Waals surface area contributed by atoms with Gasteiger partial charge in [0, 0.05) is 12.5 Å². The molecule has 4 heteroatoms. The van der Waals surface area contributed by atoms with E-state index in [9.17, 15) is 9.59 Å². The van der Waals surface area contributed by atoms with Crippen molar-refractivity contribution in [1.82, 2.24) is 5.32 Å². The molecule has 1 aliphatic carbocycles.